The van der Waals surface area contributed by atoms with Gasteiger partial charge in [0, 0.05) is 31.8 Å². The summed E-state index contributed by atoms with van der Waals surface area (Å²) >= 11 is 0. The van der Waals surface area contributed by atoms with Crippen LogP contribution in [0.25, 0.3) is 0 Å². The lowest BCUT2D eigenvalue weighted by molar-refractivity contribution is -0.117. The zero-order valence-electron chi connectivity index (χ0n) is 14.5. The van der Waals surface area contributed by atoms with Crippen LogP contribution in [-0.2, 0) is 17.9 Å². The van der Waals surface area contributed by atoms with Gasteiger partial charge in [-0.3, -0.25) is 9.69 Å². The van der Waals surface area contributed by atoms with Gasteiger partial charge in [0.1, 0.15) is 5.82 Å². The highest BCUT2D eigenvalue weighted by Gasteiger charge is 2.17. The number of amides is 1. The van der Waals surface area contributed by atoms with Crippen LogP contribution in [0.4, 0.5) is 4.39 Å². The van der Waals surface area contributed by atoms with Crippen LogP contribution in [0.1, 0.15) is 23.1 Å². The highest BCUT2D eigenvalue weighted by Crippen LogP contribution is 2.15. The molecule has 1 aliphatic rings. The predicted octanol–water partition coefficient (Wildman–Crippen LogP) is 3.58. The second-order valence-electron chi connectivity index (χ2n) is 6.51. The Morgan fingerprint density at radius 1 is 1.16 bits per heavy atom. The number of rotatable bonds is 5. The van der Waals surface area contributed by atoms with Crippen LogP contribution in [0.3, 0.4) is 0 Å². The Kier molecular flexibility index (Phi) is 5.61. The molecule has 1 aliphatic heterocycles. The molecule has 1 heterocycles. The van der Waals surface area contributed by atoms with Crippen LogP contribution in [0.2, 0.25) is 0 Å². The molecule has 3 nitrogen and oxygen atoms in total. The van der Waals surface area contributed by atoms with E-state index < -0.39 is 0 Å². The first-order valence-corrected chi connectivity index (χ1v) is 8.60. The van der Waals surface area contributed by atoms with Crippen molar-refractivity contribution in [3.05, 3.63) is 82.7 Å². The molecular weight excluding hydrogens is 315 g/mol. The molecule has 0 atom stereocenters. The van der Waals surface area contributed by atoms with Crippen LogP contribution in [-0.4, -0.2) is 23.9 Å². The standard InChI is InChI=1S/C21H23FN2O/c1-16-5-7-17(8-6-16)14-23-21(25)19-9-11-24(12-10-19)15-18-3-2-4-20(22)13-18/h2-9,13H,10-12,14-15H2,1H3,(H,23,25). The fourth-order valence-corrected chi connectivity index (χ4v) is 2.96. The van der Waals surface area contributed by atoms with E-state index in [-0.39, 0.29) is 11.7 Å². The molecule has 0 radical (unpaired) electrons. The molecule has 0 fully saturated rings. The summed E-state index contributed by atoms with van der Waals surface area (Å²) in [5.41, 5.74) is 4.11. The second-order valence-corrected chi connectivity index (χ2v) is 6.51. The Balaban J connectivity index is 1.50. The zero-order chi connectivity index (χ0) is 17.6. The van der Waals surface area contributed by atoms with E-state index in [1.165, 1.54) is 11.6 Å². The van der Waals surface area contributed by atoms with E-state index in [9.17, 15) is 9.18 Å². The Morgan fingerprint density at radius 3 is 2.64 bits per heavy atom. The number of hydrogen-bond donors (Lipinski definition) is 1. The third-order valence-electron chi connectivity index (χ3n) is 4.45. The van der Waals surface area contributed by atoms with E-state index in [1.807, 2.05) is 43.3 Å². The number of halogens is 1. The summed E-state index contributed by atoms with van der Waals surface area (Å²) in [6.45, 7) is 4.81. The van der Waals surface area contributed by atoms with Crippen molar-refractivity contribution < 1.29 is 9.18 Å². The molecule has 4 heteroatoms. The van der Waals surface area contributed by atoms with Gasteiger partial charge in [-0.05, 0) is 36.6 Å². The third-order valence-corrected chi connectivity index (χ3v) is 4.45. The van der Waals surface area contributed by atoms with E-state index in [0.29, 0.717) is 19.6 Å². The van der Waals surface area contributed by atoms with Gasteiger partial charge in [-0.2, -0.15) is 0 Å². The van der Waals surface area contributed by atoms with Crippen LogP contribution >= 0.6 is 0 Å². The molecule has 25 heavy (non-hydrogen) atoms. The minimum absolute atomic E-state index is 0.00554. The molecule has 3 rings (SSSR count). The van der Waals surface area contributed by atoms with Crippen molar-refractivity contribution in [1.29, 1.82) is 0 Å². The summed E-state index contributed by atoms with van der Waals surface area (Å²) in [4.78, 5) is 14.5. The summed E-state index contributed by atoms with van der Waals surface area (Å²) < 4.78 is 13.3. The van der Waals surface area contributed by atoms with Gasteiger partial charge in [0.15, 0.2) is 0 Å². The average molecular weight is 338 g/mol. The van der Waals surface area contributed by atoms with Crippen molar-refractivity contribution in [2.45, 2.75) is 26.4 Å². The van der Waals surface area contributed by atoms with Crippen molar-refractivity contribution in [2.24, 2.45) is 0 Å². The van der Waals surface area contributed by atoms with Gasteiger partial charge >= 0.3 is 0 Å². The number of benzene rings is 2. The Morgan fingerprint density at radius 2 is 1.96 bits per heavy atom. The van der Waals surface area contributed by atoms with Crippen LogP contribution < -0.4 is 5.32 Å². The van der Waals surface area contributed by atoms with Gasteiger partial charge in [-0.25, -0.2) is 4.39 Å². The topological polar surface area (TPSA) is 32.3 Å². The molecule has 0 aliphatic carbocycles. The van der Waals surface area contributed by atoms with E-state index >= 15 is 0 Å². The number of aryl methyl sites for hydroxylation is 1. The summed E-state index contributed by atoms with van der Waals surface area (Å²) in [5.74, 6) is -0.202. The molecule has 0 saturated carbocycles. The molecule has 0 aromatic heterocycles. The summed E-state index contributed by atoms with van der Waals surface area (Å²) in [6.07, 6.45) is 2.70. The van der Waals surface area contributed by atoms with Crippen molar-refractivity contribution in [3.8, 4) is 0 Å². The smallest absolute Gasteiger partial charge is 0.247 e. The maximum atomic E-state index is 13.3. The highest BCUT2D eigenvalue weighted by atomic mass is 19.1. The number of hydrogen-bond acceptors (Lipinski definition) is 2. The maximum absolute atomic E-state index is 13.3. The van der Waals surface area contributed by atoms with Crippen LogP contribution in [0.5, 0.6) is 0 Å². The van der Waals surface area contributed by atoms with Crippen molar-refractivity contribution in [2.75, 3.05) is 13.1 Å². The van der Waals surface area contributed by atoms with Gasteiger partial charge in [0.25, 0.3) is 0 Å². The van der Waals surface area contributed by atoms with E-state index in [2.05, 4.69) is 10.2 Å². The number of nitrogens with one attached hydrogen (secondary N) is 1. The Labute approximate surface area is 148 Å². The van der Waals surface area contributed by atoms with E-state index in [1.54, 1.807) is 12.1 Å². The van der Waals surface area contributed by atoms with Crippen molar-refractivity contribution in [1.82, 2.24) is 10.2 Å². The molecule has 2 aromatic rings. The Hall–Kier alpha value is -2.46. The first-order chi connectivity index (χ1) is 12.1. The highest BCUT2D eigenvalue weighted by molar-refractivity contribution is 5.93. The first-order valence-electron chi connectivity index (χ1n) is 8.60. The normalized spacial score (nSPS) is 14.9. The molecule has 130 valence electrons. The number of nitrogens with zero attached hydrogens (tertiary/aromatic N) is 1. The minimum atomic E-state index is -0.207. The lowest BCUT2D eigenvalue weighted by Crippen LogP contribution is -2.33. The minimum Gasteiger partial charge on any atom is -0.348 e. The van der Waals surface area contributed by atoms with Crippen molar-refractivity contribution in [3.63, 3.8) is 0 Å². The third kappa shape index (κ3) is 5.00. The lowest BCUT2D eigenvalue weighted by Gasteiger charge is -2.26. The van der Waals surface area contributed by atoms with E-state index in [4.69, 9.17) is 0 Å². The average Bonchev–Trinajstić information content (AvgIpc) is 2.62. The zero-order valence-corrected chi connectivity index (χ0v) is 14.5. The lowest BCUT2D eigenvalue weighted by atomic mass is 10.1. The molecule has 0 saturated heterocycles. The molecule has 1 N–H and O–H groups in total. The monoisotopic (exact) mass is 338 g/mol. The molecule has 2 aromatic carbocycles. The maximum Gasteiger partial charge on any atom is 0.247 e. The van der Waals surface area contributed by atoms with Gasteiger partial charge in [0.2, 0.25) is 5.91 Å². The fourth-order valence-electron chi connectivity index (χ4n) is 2.96. The van der Waals surface area contributed by atoms with Gasteiger partial charge < -0.3 is 5.32 Å². The predicted molar refractivity (Wildman–Crippen MR) is 97.4 cm³/mol. The second kappa shape index (κ2) is 8.08. The largest absolute Gasteiger partial charge is 0.348 e. The van der Waals surface area contributed by atoms with Crippen LogP contribution in [0.15, 0.2) is 60.2 Å². The summed E-state index contributed by atoms with van der Waals surface area (Å²) in [5, 5.41) is 2.98. The van der Waals surface area contributed by atoms with E-state index in [0.717, 1.165) is 29.7 Å². The quantitative estimate of drug-likeness (QED) is 0.904. The Bertz CT molecular complexity index is 768. The van der Waals surface area contributed by atoms with Gasteiger partial charge in [-0.15, -0.1) is 0 Å². The first kappa shape index (κ1) is 17.4. The van der Waals surface area contributed by atoms with Gasteiger partial charge in [0.05, 0.1) is 0 Å². The molecule has 0 spiro atoms. The molecule has 0 unspecified atom stereocenters. The number of carbonyl (C=O) groups is 1. The molecule has 1 amide bonds. The molecule has 0 bridgehead atoms. The molecular formula is C21H23FN2O. The SMILES string of the molecule is Cc1ccc(CNC(=O)C2=CCN(Cc3cccc(F)c3)CC2)cc1. The number of carbonyl (C=O) groups excluding carboxylic acids is 1. The van der Waals surface area contributed by atoms with Crippen LogP contribution in [0, 0.1) is 12.7 Å². The van der Waals surface area contributed by atoms with Crippen molar-refractivity contribution >= 4 is 5.91 Å². The fraction of sp³-hybridized carbons (Fsp3) is 0.286. The summed E-state index contributed by atoms with van der Waals surface area (Å²) in [6, 6.07) is 14.8. The summed E-state index contributed by atoms with van der Waals surface area (Å²) in [7, 11) is 0. The van der Waals surface area contributed by atoms with Gasteiger partial charge in [-0.1, -0.05) is 48.0 Å².